The Morgan fingerprint density at radius 2 is 1.61 bits per heavy atom. The molecule has 33 heavy (non-hydrogen) atoms. The highest BCUT2D eigenvalue weighted by atomic mass is 16.2. The quantitative estimate of drug-likeness (QED) is 0.558. The van der Waals surface area contributed by atoms with E-state index in [1.54, 1.807) is 6.20 Å². The number of piperidine rings is 1. The molecule has 0 bridgehead atoms. The highest BCUT2D eigenvalue weighted by Gasteiger charge is 2.40. The Labute approximate surface area is 198 Å². The van der Waals surface area contributed by atoms with Crippen molar-refractivity contribution in [2.24, 2.45) is 23.7 Å². The van der Waals surface area contributed by atoms with Crippen LogP contribution in [-0.4, -0.2) is 47.8 Å². The number of nitrogens with zero attached hydrogens (tertiary/aromatic N) is 3. The van der Waals surface area contributed by atoms with Gasteiger partial charge in [-0.2, -0.15) is 0 Å². The van der Waals surface area contributed by atoms with Crippen LogP contribution in [0.15, 0.2) is 48.7 Å². The minimum Gasteiger partial charge on any atom is -0.370 e. The van der Waals surface area contributed by atoms with Gasteiger partial charge in [0.15, 0.2) is 5.78 Å². The van der Waals surface area contributed by atoms with Crippen molar-refractivity contribution in [1.82, 2.24) is 9.88 Å². The van der Waals surface area contributed by atoms with E-state index in [1.807, 2.05) is 26.0 Å². The van der Waals surface area contributed by atoms with Gasteiger partial charge in [-0.05, 0) is 42.4 Å². The molecule has 4 rings (SSSR count). The lowest BCUT2D eigenvalue weighted by molar-refractivity contribution is -0.143. The lowest BCUT2D eigenvalue weighted by Gasteiger charge is -2.47. The number of hydrogen-bond acceptors (Lipinski definition) is 4. The normalized spacial score (nSPS) is 18.5. The lowest BCUT2D eigenvalue weighted by Crippen LogP contribution is -2.55. The second-order valence-electron chi connectivity index (χ2n) is 10.4. The number of aromatic nitrogens is 1. The number of carbonyl (C=O) groups excluding carboxylic acids is 2. The van der Waals surface area contributed by atoms with E-state index in [4.69, 9.17) is 0 Å². The summed E-state index contributed by atoms with van der Waals surface area (Å²) in [6.07, 6.45) is 3.55. The Balaban J connectivity index is 1.28. The Kier molecular flexibility index (Phi) is 7.16. The standard InChI is InChI=1S/C28H37N3O2/c1-19(2)26(21-8-6-5-7-9-21)23-17-31(18-23)28(33)22-12-14-30(15-13-22)24-10-11-25(29-16-24)27(32)20(3)4/h5-11,16,19-20,22-23,26H,12-15,17-18H2,1-4H3/t26-/m1/s1. The maximum atomic E-state index is 13.1. The van der Waals surface area contributed by atoms with E-state index in [0.717, 1.165) is 44.7 Å². The average Bonchev–Trinajstić information content (AvgIpc) is 2.80. The summed E-state index contributed by atoms with van der Waals surface area (Å²) >= 11 is 0. The third-order valence-corrected chi connectivity index (χ3v) is 7.37. The molecule has 2 aliphatic heterocycles. The molecule has 0 N–H and O–H groups in total. The molecule has 0 saturated carbocycles. The summed E-state index contributed by atoms with van der Waals surface area (Å²) in [6, 6.07) is 14.6. The zero-order valence-electron chi connectivity index (χ0n) is 20.4. The summed E-state index contributed by atoms with van der Waals surface area (Å²) < 4.78 is 0. The van der Waals surface area contributed by atoms with Gasteiger partial charge in [0, 0.05) is 43.9 Å². The summed E-state index contributed by atoms with van der Waals surface area (Å²) in [5, 5.41) is 0. The van der Waals surface area contributed by atoms with Crippen molar-refractivity contribution in [2.45, 2.75) is 46.5 Å². The maximum absolute atomic E-state index is 13.1. The average molecular weight is 448 g/mol. The molecule has 0 radical (unpaired) electrons. The first kappa shape index (κ1) is 23.5. The smallest absolute Gasteiger partial charge is 0.225 e. The van der Waals surface area contributed by atoms with Crippen LogP contribution in [0.5, 0.6) is 0 Å². The number of carbonyl (C=O) groups is 2. The number of hydrogen-bond donors (Lipinski definition) is 0. The van der Waals surface area contributed by atoms with Crippen molar-refractivity contribution >= 4 is 17.4 Å². The van der Waals surface area contributed by atoms with Gasteiger partial charge in [0.2, 0.25) is 5.91 Å². The summed E-state index contributed by atoms with van der Waals surface area (Å²) in [5.41, 5.74) is 2.96. The van der Waals surface area contributed by atoms with E-state index in [0.29, 0.717) is 29.4 Å². The van der Waals surface area contributed by atoms with Gasteiger partial charge in [0.25, 0.3) is 0 Å². The van der Waals surface area contributed by atoms with E-state index in [9.17, 15) is 9.59 Å². The van der Waals surface area contributed by atoms with Crippen molar-refractivity contribution < 1.29 is 9.59 Å². The van der Waals surface area contributed by atoms with Gasteiger partial charge < -0.3 is 9.80 Å². The number of ketones is 1. The second-order valence-corrected chi connectivity index (χ2v) is 10.4. The van der Waals surface area contributed by atoms with Crippen LogP contribution in [0.4, 0.5) is 5.69 Å². The molecule has 2 aliphatic rings. The van der Waals surface area contributed by atoms with E-state index >= 15 is 0 Å². The van der Waals surface area contributed by atoms with Crippen LogP contribution in [-0.2, 0) is 4.79 Å². The molecule has 1 amide bonds. The van der Waals surface area contributed by atoms with E-state index in [1.165, 1.54) is 5.56 Å². The van der Waals surface area contributed by atoms with E-state index in [-0.39, 0.29) is 17.6 Å². The molecule has 5 nitrogen and oxygen atoms in total. The monoisotopic (exact) mass is 447 g/mol. The van der Waals surface area contributed by atoms with Crippen LogP contribution in [0.2, 0.25) is 0 Å². The van der Waals surface area contributed by atoms with Gasteiger partial charge >= 0.3 is 0 Å². The van der Waals surface area contributed by atoms with Crippen LogP contribution in [0.1, 0.15) is 62.5 Å². The highest BCUT2D eigenvalue weighted by molar-refractivity contribution is 5.95. The first-order valence-electron chi connectivity index (χ1n) is 12.4. The van der Waals surface area contributed by atoms with Crippen LogP contribution in [0.3, 0.4) is 0 Å². The molecule has 1 atom stereocenters. The fourth-order valence-corrected chi connectivity index (χ4v) is 5.45. The number of anilines is 1. The third-order valence-electron chi connectivity index (χ3n) is 7.37. The number of Topliss-reactive ketones (excluding diaryl/α,β-unsaturated/α-hetero) is 1. The summed E-state index contributed by atoms with van der Waals surface area (Å²) in [6.45, 7) is 11.8. The lowest BCUT2D eigenvalue weighted by atomic mass is 9.74. The molecule has 0 aliphatic carbocycles. The molecular formula is C28H37N3O2. The third kappa shape index (κ3) is 5.13. The fraction of sp³-hybridized carbons (Fsp3) is 0.536. The molecule has 1 aromatic heterocycles. The molecular weight excluding hydrogens is 410 g/mol. The van der Waals surface area contributed by atoms with Gasteiger partial charge in [0.05, 0.1) is 11.9 Å². The fourth-order valence-electron chi connectivity index (χ4n) is 5.45. The minimum absolute atomic E-state index is 0.0466. The molecule has 2 aromatic rings. The number of amides is 1. The first-order valence-corrected chi connectivity index (χ1v) is 12.4. The predicted molar refractivity (Wildman–Crippen MR) is 132 cm³/mol. The molecule has 5 heteroatoms. The Morgan fingerprint density at radius 1 is 0.939 bits per heavy atom. The van der Waals surface area contributed by atoms with Crippen molar-refractivity contribution in [3.05, 3.63) is 59.9 Å². The molecule has 3 heterocycles. The predicted octanol–water partition coefficient (Wildman–Crippen LogP) is 5.03. The van der Waals surface area contributed by atoms with Crippen LogP contribution in [0.25, 0.3) is 0 Å². The second kappa shape index (κ2) is 10.1. The Bertz CT molecular complexity index is 941. The zero-order chi connectivity index (χ0) is 23.5. The number of likely N-dealkylation sites (tertiary alicyclic amines) is 1. The van der Waals surface area contributed by atoms with Gasteiger partial charge in [-0.1, -0.05) is 58.0 Å². The zero-order valence-corrected chi connectivity index (χ0v) is 20.4. The Morgan fingerprint density at radius 3 is 2.15 bits per heavy atom. The van der Waals surface area contributed by atoms with E-state index in [2.05, 4.69) is 59.0 Å². The number of pyridine rings is 1. The number of benzene rings is 1. The van der Waals surface area contributed by atoms with Crippen molar-refractivity contribution in [3.8, 4) is 0 Å². The van der Waals surface area contributed by atoms with Crippen LogP contribution >= 0.6 is 0 Å². The van der Waals surface area contributed by atoms with E-state index < -0.39 is 0 Å². The maximum Gasteiger partial charge on any atom is 0.225 e. The first-order chi connectivity index (χ1) is 15.8. The van der Waals surface area contributed by atoms with Crippen LogP contribution < -0.4 is 4.90 Å². The Hall–Kier alpha value is -2.69. The van der Waals surface area contributed by atoms with Crippen LogP contribution in [0, 0.1) is 23.7 Å². The molecule has 0 spiro atoms. The summed E-state index contributed by atoms with van der Waals surface area (Å²) in [4.78, 5) is 34.0. The highest BCUT2D eigenvalue weighted by Crippen LogP contribution is 2.38. The largest absolute Gasteiger partial charge is 0.370 e. The summed E-state index contributed by atoms with van der Waals surface area (Å²) in [7, 11) is 0. The number of rotatable bonds is 7. The van der Waals surface area contributed by atoms with Gasteiger partial charge in [-0.3, -0.25) is 14.6 Å². The molecule has 176 valence electrons. The minimum atomic E-state index is -0.0466. The van der Waals surface area contributed by atoms with Gasteiger partial charge in [0.1, 0.15) is 5.69 Å². The molecule has 1 aromatic carbocycles. The van der Waals surface area contributed by atoms with Crippen molar-refractivity contribution in [1.29, 1.82) is 0 Å². The summed E-state index contributed by atoms with van der Waals surface area (Å²) in [5.74, 6) is 2.10. The van der Waals surface area contributed by atoms with Gasteiger partial charge in [-0.25, -0.2) is 0 Å². The van der Waals surface area contributed by atoms with Gasteiger partial charge in [-0.15, -0.1) is 0 Å². The SMILES string of the molecule is CC(C)C(=O)c1ccc(N2CCC(C(=O)N3CC([C@@H](c4ccccc4)C(C)C)C3)CC2)cn1. The molecule has 0 unspecified atom stereocenters. The molecule has 2 fully saturated rings. The van der Waals surface area contributed by atoms with Crippen molar-refractivity contribution in [2.75, 3.05) is 31.1 Å². The van der Waals surface area contributed by atoms with Crippen molar-refractivity contribution in [3.63, 3.8) is 0 Å². The topological polar surface area (TPSA) is 53.5 Å². The molecule has 2 saturated heterocycles.